The number of aryl methyl sites for hydroxylation is 2. The van der Waals surface area contributed by atoms with Gasteiger partial charge in [0, 0.05) is 41.7 Å². The summed E-state index contributed by atoms with van der Waals surface area (Å²) in [5.41, 5.74) is 4.20. The molecule has 0 radical (unpaired) electrons. The minimum absolute atomic E-state index is 0.0679. The van der Waals surface area contributed by atoms with Gasteiger partial charge in [0.05, 0.1) is 5.69 Å². The summed E-state index contributed by atoms with van der Waals surface area (Å²) in [4.78, 5) is 38.3. The molecule has 1 aliphatic rings. The van der Waals surface area contributed by atoms with Gasteiger partial charge in [0.1, 0.15) is 0 Å². The third-order valence-electron chi connectivity index (χ3n) is 6.53. The zero-order valence-corrected chi connectivity index (χ0v) is 22.2. The molecular formula is C28H35N5O2S. The van der Waals surface area contributed by atoms with E-state index in [2.05, 4.69) is 26.5 Å². The van der Waals surface area contributed by atoms with Gasteiger partial charge in [0.2, 0.25) is 5.95 Å². The summed E-state index contributed by atoms with van der Waals surface area (Å²) in [5.74, 6) is 0.444. The highest BCUT2D eigenvalue weighted by molar-refractivity contribution is 8.00. The molecule has 0 saturated carbocycles. The summed E-state index contributed by atoms with van der Waals surface area (Å²) >= 11 is 1.32. The van der Waals surface area contributed by atoms with Crippen LogP contribution in [0.3, 0.4) is 0 Å². The van der Waals surface area contributed by atoms with Crippen molar-refractivity contribution >= 4 is 23.8 Å². The number of hydrogen-bond acceptors (Lipinski definition) is 6. The Labute approximate surface area is 217 Å². The normalized spacial score (nSPS) is 14.5. The van der Waals surface area contributed by atoms with Gasteiger partial charge in [-0.3, -0.25) is 19.3 Å². The maximum absolute atomic E-state index is 13.2. The number of anilines is 1. The van der Waals surface area contributed by atoms with Gasteiger partial charge in [-0.15, -0.1) is 0 Å². The minimum Gasteiger partial charge on any atom is -0.337 e. The molecule has 1 saturated heterocycles. The van der Waals surface area contributed by atoms with Crippen LogP contribution in [0.2, 0.25) is 0 Å². The highest BCUT2D eigenvalue weighted by Crippen LogP contribution is 2.26. The maximum atomic E-state index is 13.2. The van der Waals surface area contributed by atoms with Crippen LogP contribution >= 0.6 is 11.9 Å². The Hall–Kier alpha value is -3.10. The lowest BCUT2D eigenvalue weighted by molar-refractivity contribution is 0.0761. The van der Waals surface area contributed by atoms with E-state index < -0.39 is 0 Å². The molecule has 1 aromatic heterocycles. The fraction of sp³-hybridized carbons (Fsp3) is 0.393. The summed E-state index contributed by atoms with van der Waals surface area (Å²) in [6.07, 6.45) is 3.39. The van der Waals surface area contributed by atoms with Crippen LogP contribution in [0.5, 0.6) is 0 Å². The molecule has 2 N–H and O–H groups in total. The van der Waals surface area contributed by atoms with Crippen molar-refractivity contribution in [2.24, 2.45) is 0 Å². The second-order valence-corrected chi connectivity index (χ2v) is 10.2. The molecular weight excluding hydrogens is 470 g/mol. The van der Waals surface area contributed by atoms with Gasteiger partial charge in [0.25, 0.3) is 11.5 Å². The first kappa shape index (κ1) is 26.0. The van der Waals surface area contributed by atoms with E-state index in [9.17, 15) is 9.59 Å². The van der Waals surface area contributed by atoms with Crippen LogP contribution in [0.25, 0.3) is 11.3 Å². The number of rotatable bonds is 8. The molecule has 190 valence electrons. The molecule has 8 heteroatoms. The number of nitrogens with one attached hydrogen (secondary N) is 2. The Bertz CT molecular complexity index is 1240. The van der Waals surface area contributed by atoms with Crippen molar-refractivity contribution in [3.8, 4) is 11.3 Å². The number of hydrogen-bond donors (Lipinski definition) is 2. The topological polar surface area (TPSA) is 81.3 Å². The maximum Gasteiger partial charge on any atom is 0.253 e. The van der Waals surface area contributed by atoms with Crippen LogP contribution in [0.1, 0.15) is 47.7 Å². The van der Waals surface area contributed by atoms with E-state index in [0.717, 1.165) is 60.7 Å². The van der Waals surface area contributed by atoms with E-state index in [1.54, 1.807) is 0 Å². The van der Waals surface area contributed by atoms with Crippen LogP contribution in [0.15, 0.2) is 58.2 Å². The van der Waals surface area contributed by atoms with Gasteiger partial charge in [-0.05, 0) is 81.1 Å². The summed E-state index contributed by atoms with van der Waals surface area (Å²) < 4.78 is 3.15. The first-order valence-corrected chi connectivity index (χ1v) is 13.5. The number of H-pyrrole nitrogens is 1. The first-order valence-electron chi connectivity index (χ1n) is 12.7. The second kappa shape index (κ2) is 12.2. The van der Waals surface area contributed by atoms with E-state index in [-0.39, 0.29) is 11.5 Å². The summed E-state index contributed by atoms with van der Waals surface area (Å²) in [5, 5.41) is 0. The molecule has 0 unspecified atom stereocenters. The molecule has 36 heavy (non-hydrogen) atoms. The number of carbonyl (C=O) groups is 1. The molecule has 2 aromatic carbocycles. The van der Waals surface area contributed by atoms with Crippen LogP contribution in [0, 0.1) is 13.8 Å². The van der Waals surface area contributed by atoms with Gasteiger partial charge < -0.3 is 9.80 Å². The molecule has 1 fully saturated rings. The lowest BCUT2D eigenvalue weighted by Gasteiger charge is -2.22. The highest BCUT2D eigenvalue weighted by atomic mass is 32.2. The molecule has 0 atom stereocenters. The number of aromatic nitrogens is 2. The number of benzene rings is 2. The zero-order chi connectivity index (χ0) is 25.5. The first-order chi connectivity index (χ1) is 17.4. The highest BCUT2D eigenvalue weighted by Gasteiger charge is 2.20. The van der Waals surface area contributed by atoms with Crippen molar-refractivity contribution in [3.05, 3.63) is 75.6 Å². The molecule has 3 aromatic rings. The van der Waals surface area contributed by atoms with Crippen LogP contribution in [-0.4, -0.2) is 58.4 Å². The average molecular weight is 506 g/mol. The third-order valence-corrected chi connectivity index (χ3v) is 7.31. The molecule has 7 nitrogen and oxygen atoms in total. The van der Waals surface area contributed by atoms with Gasteiger partial charge in [-0.25, -0.2) is 4.98 Å². The van der Waals surface area contributed by atoms with E-state index >= 15 is 0 Å². The van der Waals surface area contributed by atoms with Crippen molar-refractivity contribution in [2.75, 3.05) is 37.4 Å². The smallest absolute Gasteiger partial charge is 0.253 e. The fourth-order valence-corrected chi connectivity index (χ4v) is 5.26. The molecule has 1 aliphatic heterocycles. The predicted octanol–water partition coefficient (Wildman–Crippen LogP) is 5.12. The molecule has 4 rings (SSSR count). The number of amides is 1. The lowest BCUT2D eigenvalue weighted by Crippen LogP contribution is -2.35. The van der Waals surface area contributed by atoms with Crippen LogP contribution in [0.4, 0.5) is 5.95 Å². The molecule has 0 spiro atoms. The van der Waals surface area contributed by atoms with E-state index in [4.69, 9.17) is 0 Å². The number of carbonyl (C=O) groups excluding carboxylic acids is 1. The van der Waals surface area contributed by atoms with Gasteiger partial charge in [0.15, 0.2) is 0 Å². The molecule has 1 amide bonds. The van der Waals surface area contributed by atoms with E-state index in [1.165, 1.54) is 30.9 Å². The Morgan fingerprint density at radius 3 is 2.61 bits per heavy atom. The summed E-state index contributed by atoms with van der Waals surface area (Å²) in [6.45, 7) is 10.9. The number of nitrogens with zero attached hydrogens (tertiary/aromatic N) is 3. The number of unbranched alkanes of at least 4 members (excludes halogenated alkanes) is 1. The predicted molar refractivity (Wildman–Crippen MR) is 148 cm³/mol. The lowest BCUT2D eigenvalue weighted by atomic mass is 10.00. The Kier molecular flexibility index (Phi) is 8.83. The molecule has 2 heterocycles. The van der Waals surface area contributed by atoms with E-state index in [0.29, 0.717) is 17.2 Å². The fourth-order valence-electron chi connectivity index (χ4n) is 4.61. The van der Waals surface area contributed by atoms with Crippen molar-refractivity contribution in [2.45, 2.75) is 44.9 Å². The van der Waals surface area contributed by atoms with Crippen molar-refractivity contribution < 1.29 is 4.79 Å². The Morgan fingerprint density at radius 2 is 1.83 bits per heavy atom. The Balaban J connectivity index is 1.43. The van der Waals surface area contributed by atoms with Crippen molar-refractivity contribution in [3.63, 3.8) is 0 Å². The zero-order valence-electron chi connectivity index (χ0n) is 21.3. The van der Waals surface area contributed by atoms with E-state index in [1.807, 2.05) is 61.2 Å². The van der Waals surface area contributed by atoms with Crippen molar-refractivity contribution in [1.82, 2.24) is 19.8 Å². The largest absolute Gasteiger partial charge is 0.337 e. The standard InChI is InChI=1S/C28H35N5O2S/c1-4-5-13-32-14-8-15-33(17-16-32)27(35)22-11-7-12-23(18-22)36-31-28-29-24(19-25(34)30-28)26-20(2)9-6-10-21(26)3/h6-7,9-12,18-19H,4-5,8,13-17H2,1-3H3,(H2,29,30,31,34). The van der Waals surface area contributed by atoms with Gasteiger partial charge >= 0.3 is 0 Å². The van der Waals surface area contributed by atoms with Crippen LogP contribution in [-0.2, 0) is 0 Å². The number of aromatic amines is 1. The summed E-state index contributed by atoms with van der Waals surface area (Å²) in [6, 6.07) is 15.2. The molecule has 0 bridgehead atoms. The summed E-state index contributed by atoms with van der Waals surface area (Å²) in [7, 11) is 0. The van der Waals surface area contributed by atoms with Gasteiger partial charge in [-0.1, -0.05) is 37.6 Å². The van der Waals surface area contributed by atoms with Crippen LogP contribution < -0.4 is 10.3 Å². The van der Waals surface area contributed by atoms with Crippen molar-refractivity contribution in [1.29, 1.82) is 0 Å². The average Bonchev–Trinajstić information content (AvgIpc) is 3.11. The quantitative estimate of drug-likeness (QED) is 0.414. The monoisotopic (exact) mass is 505 g/mol. The molecule has 0 aliphatic carbocycles. The van der Waals surface area contributed by atoms with Gasteiger partial charge in [-0.2, -0.15) is 0 Å². The SMILES string of the molecule is CCCCN1CCCN(C(=O)c2cccc(SNc3nc(-c4c(C)cccc4C)cc(=O)[nH]3)c2)CC1. The third kappa shape index (κ3) is 6.56. The minimum atomic E-state index is -0.219. The Morgan fingerprint density at radius 1 is 1.06 bits per heavy atom. The second-order valence-electron chi connectivity index (χ2n) is 9.32.